The average molecular weight is 263 g/mol. The van der Waals surface area contributed by atoms with Crippen molar-refractivity contribution in [3.05, 3.63) is 35.4 Å². The van der Waals surface area contributed by atoms with Gasteiger partial charge in [-0.2, -0.15) is 0 Å². The molecule has 0 amide bonds. The van der Waals surface area contributed by atoms with Gasteiger partial charge in [0.05, 0.1) is 11.6 Å². The van der Waals surface area contributed by atoms with Crippen molar-refractivity contribution >= 4 is 0 Å². The highest BCUT2D eigenvalue weighted by Gasteiger charge is 2.31. The zero-order valence-electron chi connectivity index (χ0n) is 13.1. The second-order valence-corrected chi connectivity index (χ2v) is 5.92. The molecule has 0 saturated carbocycles. The van der Waals surface area contributed by atoms with Gasteiger partial charge < -0.3 is 10.5 Å². The fraction of sp³-hybridized carbons (Fsp3) is 0.647. The summed E-state index contributed by atoms with van der Waals surface area (Å²) in [5.41, 5.74) is 8.69. The summed E-state index contributed by atoms with van der Waals surface area (Å²) in [5, 5.41) is 0. The van der Waals surface area contributed by atoms with Crippen LogP contribution in [0.1, 0.15) is 58.2 Å². The molecule has 19 heavy (non-hydrogen) atoms. The lowest BCUT2D eigenvalue weighted by atomic mass is 9.87. The summed E-state index contributed by atoms with van der Waals surface area (Å²) in [5.74, 6) is 0.663. The van der Waals surface area contributed by atoms with E-state index in [1.165, 1.54) is 11.1 Å². The summed E-state index contributed by atoms with van der Waals surface area (Å²) in [6.07, 6.45) is 2.01. The van der Waals surface area contributed by atoms with Crippen molar-refractivity contribution < 1.29 is 4.74 Å². The van der Waals surface area contributed by atoms with Gasteiger partial charge in [-0.3, -0.25) is 0 Å². The molecule has 0 bridgehead atoms. The Labute approximate surface area is 118 Å². The van der Waals surface area contributed by atoms with E-state index < -0.39 is 0 Å². The van der Waals surface area contributed by atoms with Crippen molar-refractivity contribution in [3.63, 3.8) is 0 Å². The normalized spacial score (nSPS) is 16.4. The van der Waals surface area contributed by atoms with Crippen LogP contribution in [-0.4, -0.2) is 12.2 Å². The predicted molar refractivity (Wildman–Crippen MR) is 82.2 cm³/mol. The van der Waals surface area contributed by atoms with Crippen molar-refractivity contribution in [2.75, 3.05) is 6.61 Å². The second kappa shape index (κ2) is 7.06. The molecule has 0 fully saturated rings. The highest BCUT2D eigenvalue weighted by molar-refractivity contribution is 5.28. The quantitative estimate of drug-likeness (QED) is 0.804. The van der Waals surface area contributed by atoms with Crippen molar-refractivity contribution in [1.29, 1.82) is 0 Å². The largest absolute Gasteiger partial charge is 0.374 e. The standard InChI is InChI=1S/C17H29NO/c1-6-17(5,19-7-2)16(18)15-10-8-9-14(12-15)11-13(3)4/h8-10,12-13,16H,6-7,11,18H2,1-5H3. The number of ether oxygens (including phenoxy) is 1. The fourth-order valence-corrected chi connectivity index (χ4v) is 2.48. The van der Waals surface area contributed by atoms with E-state index in [0.29, 0.717) is 12.5 Å². The lowest BCUT2D eigenvalue weighted by Gasteiger charge is -2.35. The van der Waals surface area contributed by atoms with Crippen LogP contribution in [0.4, 0.5) is 0 Å². The zero-order valence-corrected chi connectivity index (χ0v) is 13.1. The molecule has 2 N–H and O–H groups in total. The smallest absolute Gasteiger partial charge is 0.0843 e. The number of rotatable bonds is 7. The molecule has 108 valence electrons. The summed E-state index contributed by atoms with van der Waals surface area (Å²) < 4.78 is 5.89. The Morgan fingerprint density at radius 1 is 1.26 bits per heavy atom. The predicted octanol–water partition coefficient (Wildman–Crippen LogP) is 4.09. The van der Waals surface area contributed by atoms with Gasteiger partial charge in [0.2, 0.25) is 0 Å². The summed E-state index contributed by atoms with van der Waals surface area (Å²) >= 11 is 0. The number of benzene rings is 1. The first-order chi connectivity index (χ1) is 8.92. The Hall–Kier alpha value is -0.860. The summed E-state index contributed by atoms with van der Waals surface area (Å²) in [6, 6.07) is 8.55. The van der Waals surface area contributed by atoms with Gasteiger partial charge in [0.15, 0.2) is 0 Å². The van der Waals surface area contributed by atoms with Crippen molar-refractivity contribution in [1.82, 2.24) is 0 Å². The van der Waals surface area contributed by atoms with Gasteiger partial charge in [0.25, 0.3) is 0 Å². The molecule has 2 unspecified atom stereocenters. The minimum Gasteiger partial charge on any atom is -0.374 e. The molecule has 1 aromatic rings. The van der Waals surface area contributed by atoms with Crippen LogP contribution in [-0.2, 0) is 11.2 Å². The first kappa shape index (κ1) is 16.2. The van der Waals surface area contributed by atoms with Gasteiger partial charge in [-0.15, -0.1) is 0 Å². The van der Waals surface area contributed by atoms with Gasteiger partial charge in [0, 0.05) is 6.61 Å². The van der Waals surface area contributed by atoms with Crippen LogP contribution >= 0.6 is 0 Å². The zero-order chi connectivity index (χ0) is 14.5. The molecular formula is C17H29NO. The van der Waals surface area contributed by atoms with Crippen LogP contribution in [0.3, 0.4) is 0 Å². The molecule has 2 heteroatoms. The fourth-order valence-electron chi connectivity index (χ4n) is 2.48. The van der Waals surface area contributed by atoms with E-state index >= 15 is 0 Å². The van der Waals surface area contributed by atoms with Gasteiger partial charge in [-0.05, 0) is 43.7 Å². The molecule has 0 heterocycles. The Bertz CT molecular complexity index is 389. The van der Waals surface area contributed by atoms with Crippen LogP contribution < -0.4 is 5.73 Å². The van der Waals surface area contributed by atoms with Crippen molar-refractivity contribution in [2.24, 2.45) is 11.7 Å². The summed E-state index contributed by atoms with van der Waals surface area (Å²) in [4.78, 5) is 0. The second-order valence-electron chi connectivity index (χ2n) is 5.92. The number of nitrogens with two attached hydrogens (primary N) is 1. The third-order valence-corrected chi connectivity index (χ3v) is 3.79. The van der Waals surface area contributed by atoms with Gasteiger partial charge in [0.1, 0.15) is 0 Å². The van der Waals surface area contributed by atoms with Gasteiger partial charge in [-0.1, -0.05) is 45.0 Å². The molecule has 0 radical (unpaired) electrons. The molecular weight excluding hydrogens is 234 g/mol. The molecule has 0 aliphatic heterocycles. The highest BCUT2D eigenvalue weighted by atomic mass is 16.5. The maximum atomic E-state index is 6.44. The SMILES string of the molecule is CCOC(C)(CC)C(N)c1cccc(CC(C)C)c1. The Balaban J connectivity index is 2.95. The van der Waals surface area contributed by atoms with Gasteiger partial charge in [-0.25, -0.2) is 0 Å². The van der Waals surface area contributed by atoms with E-state index in [2.05, 4.69) is 52.0 Å². The summed E-state index contributed by atoms with van der Waals surface area (Å²) in [7, 11) is 0. The lowest BCUT2D eigenvalue weighted by Crippen LogP contribution is -2.40. The first-order valence-electron chi connectivity index (χ1n) is 7.41. The molecule has 0 aliphatic rings. The maximum Gasteiger partial charge on any atom is 0.0843 e. The van der Waals surface area contributed by atoms with E-state index in [0.717, 1.165) is 12.8 Å². The number of hydrogen-bond acceptors (Lipinski definition) is 2. The molecule has 2 atom stereocenters. The van der Waals surface area contributed by atoms with Crippen LogP contribution in [0.2, 0.25) is 0 Å². The Kier molecular flexibility index (Phi) is 6.02. The Morgan fingerprint density at radius 2 is 1.95 bits per heavy atom. The maximum absolute atomic E-state index is 6.44. The minimum atomic E-state index is -0.287. The number of hydrogen-bond donors (Lipinski definition) is 1. The van der Waals surface area contributed by atoms with E-state index in [-0.39, 0.29) is 11.6 Å². The van der Waals surface area contributed by atoms with E-state index in [1.54, 1.807) is 0 Å². The van der Waals surface area contributed by atoms with Crippen LogP contribution in [0.15, 0.2) is 24.3 Å². The molecule has 0 saturated heterocycles. The molecule has 1 rings (SSSR count). The third kappa shape index (κ3) is 4.32. The average Bonchev–Trinajstić information content (AvgIpc) is 2.37. The molecule has 0 aliphatic carbocycles. The highest BCUT2D eigenvalue weighted by Crippen LogP contribution is 2.30. The third-order valence-electron chi connectivity index (χ3n) is 3.79. The lowest BCUT2D eigenvalue weighted by molar-refractivity contribution is -0.0472. The summed E-state index contributed by atoms with van der Waals surface area (Å²) in [6.45, 7) is 11.4. The van der Waals surface area contributed by atoms with Crippen LogP contribution in [0.25, 0.3) is 0 Å². The molecule has 1 aromatic carbocycles. The van der Waals surface area contributed by atoms with Crippen molar-refractivity contribution in [2.45, 2.75) is 59.1 Å². The Morgan fingerprint density at radius 3 is 2.47 bits per heavy atom. The van der Waals surface area contributed by atoms with Crippen LogP contribution in [0, 0.1) is 5.92 Å². The molecule has 0 aromatic heterocycles. The molecule has 2 nitrogen and oxygen atoms in total. The van der Waals surface area contributed by atoms with E-state index in [4.69, 9.17) is 10.5 Å². The topological polar surface area (TPSA) is 35.2 Å². The van der Waals surface area contributed by atoms with Crippen molar-refractivity contribution in [3.8, 4) is 0 Å². The van der Waals surface area contributed by atoms with Crippen LogP contribution in [0.5, 0.6) is 0 Å². The molecule has 0 spiro atoms. The minimum absolute atomic E-state index is 0.0791. The van der Waals surface area contributed by atoms with Gasteiger partial charge >= 0.3 is 0 Å². The monoisotopic (exact) mass is 263 g/mol. The van der Waals surface area contributed by atoms with E-state index in [9.17, 15) is 0 Å². The van der Waals surface area contributed by atoms with E-state index in [1.807, 2.05) is 6.92 Å². The first-order valence-corrected chi connectivity index (χ1v) is 7.41.